The van der Waals surface area contributed by atoms with Crippen molar-refractivity contribution in [2.75, 3.05) is 45.9 Å². The van der Waals surface area contributed by atoms with Crippen LogP contribution in [0.5, 0.6) is 5.75 Å². The minimum atomic E-state index is -0.855. The summed E-state index contributed by atoms with van der Waals surface area (Å²) in [5, 5.41) is 9.23. The average molecular weight is 400 g/mol. The SMILES string of the molecule is NCC[N+](CCN)(CCCOc1ccc(C(=O)c2ccccc2)cc1)CC(=O)O. The zero-order chi connectivity index (χ0) is 21.1. The Morgan fingerprint density at radius 1 is 0.862 bits per heavy atom. The molecule has 0 radical (unpaired) electrons. The van der Waals surface area contributed by atoms with Gasteiger partial charge in [0.05, 0.1) is 26.2 Å². The number of aliphatic carboxylic acids is 1. The van der Waals surface area contributed by atoms with Gasteiger partial charge in [0.1, 0.15) is 5.75 Å². The number of carboxylic acids is 1. The lowest BCUT2D eigenvalue weighted by molar-refractivity contribution is -0.919. The van der Waals surface area contributed by atoms with E-state index in [1.165, 1.54) is 0 Å². The van der Waals surface area contributed by atoms with Gasteiger partial charge < -0.3 is 25.8 Å². The zero-order valence-corrected chi connectivity index (χ0v) is 16.6. The second kappa shape index (κ2) is 11.3. The Labute approximate surface area is 171 Å². The number of benzene rings is 2. The molecule has 0 fully saturated rings. The second-order valence-electron chi connectivity index (χ2n) is 7.06. The molecular formula is C22H30N3O4+. The van der Waals surface area contributed by atoms with Crippen LogP contribution >= 0.6 is 0 Å². The molecule has 7 heteroatoms. The summed E-state index contributed by atoms with van der Waals surface area (Å²) in [6, 6.07) is 16.2. The molecule has 7 nitrogen and oxygen atoms in total. The molecule has 0 unspecified atom stereocenters. The van der Waals surface area contributed by atoms with E-state index >= 15 is 0 Å². The summed E-state index contributed by atoms with van der Waals surface area (Å²) in [6.07, 6.45) is 0.679. The molecule has 0 saturated carbocycles. The minimum absolute atomic E-state index is 0.00466. The fourth-order valence-corrected chi connectivity index (χ4v) is 3.46. The molecule has 5 N–H and O–H groups in total. The fraction of sp³-hybridized carbons (Fsp3) is 0.364. The highest BCUT2D eigenvalue weighted by Crippen LogP contribution is 2.16. The number of carboxylic acid groups (broad SMARTS) is 1. The van der Waals surface area contributed by atoms with Crippen LogP contribution in [0.3, 0.4) is 0 Å². The molecule has 0 heterocycles. The lowest BCUT2D eigenvalue weighted by atomic mass is 10.0. The molecule has 0 aliphatic carbocycles. The van der Waals surface area contributed by atoms with Crippen molar-refractivity contribution in [1.29, 1.82) is 0 Å². The van der Waals surface area contributed by atoms with Crippen LogP contribution in [0.4, 0.5) is 0 Å². The Morgan fingerprint density at radius 2 is 1.45 bits per heavy atom. The van der Waals surface area contributed by atoms with Gasteiger partial charge in [-0.2, -0.15) is 0 Å². The van der Waals surface area contributed by atoms with Gasteiger partial charge in [-0.15, -0.1) is 0 Å². The first kappa shape index (κ1) is 22.5. The number of ketones is 1. The van der Waals surface area contributed by atoms with Crippen molar-refractivity contribution < 1.29 is 23.9 Å². The maximum absolute atomic E-state index is 12.4. The largest absolute Gasteiger partial charge is 0.493 e. The van der Waals surface area contributed by atoms with Crippen LogP contribution in [0, 0.1) is 0 Å². The number of hydrogen-bond donors (Lipinski definition) is 3. The normalized spacial score (nSPS) is 11.2. The molecule has 29 heavy (non-hydrogen) atoms. The van der Waals surface area contributed by atoms with Crippen LogP contribution < -0.4 is 16.2 Å². The summed E-state index contributed by atoms with van der Waals surface area (Å²) >= 11 is 0. The van der Waals surface area contributed by atoms with Gasteiger partial charge in [0.15, 0.2) is 12.3 Å². The Balaban J connectivity index is 1.89. The highest BCUT2D eigenvalue weighted by molar-refractivity contribution is 6.08. The van der Waals surface area contributed by atoms with Gasteiger partial charge in [-0.05, 0) is 24.3 Å². The van der Waals surface area contributed by atoms with Crippen molar-refractivity contribution in [1.82, 2.24) is 0 Å². The first-order valence-electron chi connectivity index (χ1n) is 9.79. The number of carbonyl (C=O) groups excluding carboxylic acids is 1. The van der Waals surface area contributed by atoms with Crippen LogP contribution in [-0.4, -0.2) is 67.2 Å². The first-order chi connectivity index (χ1) is 14.0. The summed E-state index contributed by atoms with van der Waals surface area (Å²) in [6.45, 7) is 3.03. The first-order valence-corrected chi connectivity index (χ1v) is 9.79. The summed E-state index contributed by atoms with van der Waals surface area (Å²) in [4.78, 5) is 23.7. The maximum Gasteiger partial charge on any atom is 0.359 e. The van der Waals surface area contributed by atoms with E-state index in [4.69, 9.17) is 16.2 Å². The number of nitrogens with zero attached hydrogens (tertiary/aromatic N) is 1. The third kappa shape index (κ3) is 6.98. The molecule has 2 aromatic rings. The predicted molar refractivity (Wildman–Crippen MR) is 112 cm³/mol. The summed E-state index contributed by atoms with van der Waals surface area (Å²) in [5.41, 5.74) is 12.6. The Kier molecular flexibility index (Phi) is 8.79. The lowest BCUT2D eigenvalue weighted by Gasteiger charge is -2.36. The maximum atomic E-state index is 12.4. The van der Waals surface area contributed by atoms with E-state index in [0.29, 0.717) is 67.1 Å². The number of ether oxygens (including phenoxy) is 1. The van der Waals surface area contributed by atoms with Crippen LogP contribution in [-0.2, 0) is 4.79 Å². The van der Waals surface area contributed by atoms with Crippen LogP contribution in [0.25, 0.3) is 0 Å². The number of hydrogen-bond acceptors (Lipinski definition) is 5. The van der Waals surface area contributed by atoms with Crippen molar-refractivity contribution in [3.8, 4) is 5.75 Å². The Morgan fingerprint density at radius 3 is 2.00 bits per heavy atom. The van der Waals surface area contributed by atoms with Crippen molar-refractivity contribution in [3.05, 3.63) is 65.7 Å². The second-order valence-corrected chi connectivity index (χ2v) is 7.06. The van der Waals surface area contributed by atoms with Gasteiger partial charge in [-0.1, -0.05) is 30.3 Å². The van der Waals surface area contributed by atoms with Crippen LogP contribution in [0.15, 0.2) is 54.6 Å². The smallest absolute Gasteiger partial charge is 0.359 e. The molecule has 0 bridgehead atoms. The Hall–Kier alpha value is -2.74. The molecule has 0 aliphatic heterocycles. The lowest BCUT2D eigenvalue weighted by Crippen LogP contribution is -2.56. The van der Waals surface area contributed by atoms with Crippen LogP contribution in [0.2, 0.25) is 0 Å². The average Bonchev–Trinajstić information content (AvgIpc) is 2.72. The molecule has 156 valence electrons. The highest BCUT2D eigenvalue weighted by Gasteiger charge is 2.28. The van der Waals surface area contributed by atoms with Crippen molar-refractivity contribution in [2.45, 2.75) is 6.42 Å². The van der Waals surface area contributed by atoms with E-state index in [-0.39, 0.29) is 12.3 Å². The van der Waals surface area contributed by atoms with Gasteiger partial charge in [0.25, 0.3) is 0 Å². The molecule has 0 atom stereocenters. The molecule has 0 amide bonds. The number of rotatable bonds is 13. The van der Waals surface area contributed by atoms with Gasteiger partial charge in [0.2, 0.25) is 0 Å². The number of carbonyl (C=O) groups is 2. The van der Waals surface area contributed by atoms with E-state index in [1.807, 2.05) is 18.2 Å². The summed E-state index contributed by atoms with van der Waals surface area (Å²) in [7, 11) is 0. The molecule has 2 rings (SSSR count). The minimum Gasteiger partial charge on any atom is -0.493 e. The van der Waals surface area contributed by atoms with E-state index in [1.54, 1.807) is 36.4 Å². The van der Waals surface area contributed by atoms with Crippen molar-refractivity contribution in [2.24, 2.45) is 11.5 Å². The van der Waals surface area contributed by atoms with Gasteiger partial charge in [-0.25, -0.2) is 4.79 Å². The van der Waals surface area contributed by atoms with E-state index in [9.17, 15) is 14.7 Å². The molecule has 0 aromatic heterocycles. The molecule has 0 spiro atoms. The van der Waals surface area contributed by atoms with Gasteiger partial charge >= 0.3 is 5.97 Å². The highest BCUT2D eigenvalue weighted by atomic mass is 16.5. The summed E-state index contributed by atoms with van der Waals surface area (Å²) in [5.74, 6) is -0.216. The predicted octanol–water partition coefficient (Wildman–Crippen LogP) is 1.51. The Bertz CT molecular complexity index is 772. The fourth-order valence-electron chi connectivity index (χ4n) is 3.46. The van der Waals surface area contributed by atoms with Gasteiger partial charge in [-0.3, -0.25) is 4.79 Å². The topological polar surface area (TPSA) is 116 Å². The molecule has 2 aromatic carbocycles. The van der Waals surface area contributed by atoms with E-state index in [2.05, 4.69) is 0 Å². The van der Waals surface area contributed by atoms with Crippen molar-refractivity contribution >= 4 is 11.8 Å². The monoisotopic (exact) mass is 400 g/mol. The number of nitrogens with two attached hydrogens (primary N) is 2. The zero-order valence-electron chi connectivity index (χ0n) is 16.6. The van der Waals surface area contributed by atoms with Gasteiger partial charge in [0, 0.05) is 30.6 Å². The third-order valence-electron chi connectivity index (χ3n) is 4.88. The third-order valence-corrected chi connectivity index (χ3v) is 4.88. The standard InChI is InChI=1S/C22H29N3O4/c23-11-14-25(15-12-24,17-21(26)27)13-4-16-29-20-9-7-19(8-10-20)22(28)18-5-2-1-3-6-18/h1-3,5-10H,4,11-17,23-24H2/p+1. The van der Waals surface area contributed by atoms with Crippen LogP contribution in [0.1, 0.15) is 22.3 Å². The summed E-state index contributed by atoms with van der Waals surface area (Å²) < 4.78 is 6.13. The van der Waals surface area contributed by atoms with E-state index in [0.717, 1.165) is 0 Å². The molecular weight excluding hydrogens is 370 g/mol. The molecule has 0 aliphatic rings. The van der Waals surface area contributed by atoms with E-state index < -0.39 is 5.97 Å². The number of quaternary nitrogens is 1. The van der Waals surface area contributed by atoms with Crippen molar-refractivity contribution in [3.63, 3.8) is 0 Å². The molecule has 0 saturated heterocycles. The quantitative estimate of drug-likeness (QED) is 0.267.